The Bertz CT molecular complexity index is 1080. The van der Waals surface area contributed by atoms with Crippen molar-refractivity contribution in [1.82, 2.24) is 20.1 Å². The molecule has 1 aromatic carbocycles. The molecule has 5 rings (SSSR count). The summed E-state index contributed by atoms with van der Waals surface area (Å²) in [6, 6.07) is 9.25. The molecular formula is C24H26N4O4. The monoisotopic (exact) mass is 434 g/mol. The van der Waals surface area contributed by atoms with E-state index in [1.54, 1.807) is 12.0 Å². The van der Waals surface area contributed by atoms with Crippen LogP contribution in [0.3, 0.4) is 0 Å². The highest BCUT2D eigenvalue weighted by molar-refractivity contribution is 6.05. The average Bonchev–Trinajstić information content (AvgIpc) is 3.08. The van der Waals surface area contributed by atoms with Gasteiger partial charge in [-0.15, -0.1) is 0 Å². The number of rotatable bonds is 6. The smallest absolute Gasteiger partial charge is 0.255 e. The van der Waals surface area contributed by atoms with Crippen LogP contribution in [0, 0.1) is 5.92 Å². The predicted octanol–water partition coefficient (Wildman–Crippen LogP) is 1.59. The molecule has 32 heavy (non-hydrogen) atoms. The lowest BCUT2D eigenvalue weighted by molar-refractivity contribution is -0.136. The molecule has 4 heterocycles. The Balaban J connectivity index is 1.30. The minimum Gasteiger partial charge on any atom is -0.384 e. The summed E-state index contributed by atoms with van der Waals surface area (Å²) < 4.78 is 5.22. The second-order valence-corrected chi connectivity index (χ2v) is 8.84. The van der Waals surface area contributed by atoms with Gasteiger partial charge >= 0.3 is 0 Å². The van der Waals surface area contributed by atoms with E-state index in [0.29, 0.717) is 24.4 Å². The van der Waals surface area contributed by atoms with E-state index in [0.717, 1.165) is 43.1 Å². The van der Waals surface area contributed by atoms with E-state index >= 15 is 0 Å². The van der Waals surface area contributed by atoms with Crippen LogP contribution in [0.1, 0.15) is 34.3 Å². The third kappa shape index (κ3) is 3.91. The summed E-state index contributed by atoms with van der Waals surface area (Å²) in [5, 5.41) is 2.34. The van der Waals surface area contributed by atoms with Gasteiger partial charge in [-0.2, -0.15) is 0 Å². The van der Waals surface area contributed by atoms with E-state index < -0.39 is 11.9 Å². The standard InChI is InChI=1S/C24H26N4O4/c1-32-14-16-11-27(12-16)10-15-6-7-25-20(8-15)17-2-3-19-18(9-17)13-28(24(19)31)21-4-5-22(29)26-23(21)30/h2-3,6-9,16,21H,4-5,10-14H2,1H3,(H,26,29,30). The maximum absolute atomic E-state index is 12.9. The number of hydrogen-bond donors (Lipinski definition) is 1. The van der Waals surface area contributed by atoms with Gasteiger partial charge < -0.3 is 9.64 Å². The SMILES string of the molecule is COCC1CN(Cc2ccnc(-c3ccc4c(c3)CN(C3CCC(=O)NC3=O)C4=O)c2)C1. The number of ether oxygens (including phenoxy) is 1. The van der Waals surface area contributed by atoms with Crippen LogP contribution in [-0.4, -0.2) is 65.4 Å². The van der Waals surface area contributed by atoms with Gasteiger partial charge in [0, 0.05) is 63.0 Å². The first kappa shape index (κ1) is 20.8. The van der Waals surface area contributed by atoms with Gasteiger partial charge in [0.1, 0.15) is 6.04 Å². The third-order valence-electron chi connectivity index (χ3n) is 6.48. The molecule has 2 saturated heterocycles. The molecule has 2 fully saturated rings. The van der Waals surface area contributed by atoms with Gasteiger partial charge in [-0.25, -0.2) is 0 Å². The Morgan fingerprint density at radius 3 is 2.78 bits per heavy atom. The highest BCUT2D eigenvalue weighted by Crippen LogP contribution is 2.31. The van der Waals surface area contributed by atoms with Crippen LogP contribution in [0.4, 0.5) is 0 Å². The molecule has 8 nitrogen and oxygen atoms in total. The van der Waals surface area contributed by atoms with E-state index in [4.69, 9.17) is 4.74 Å². The number of fused-ring (bicyclic) bond motifs is 1. The number of nitrogens with one attached hydrogen (secondary N) is 1. The number of carbonyl (C=O) groups is 3. The Morgan fingerprint density at radius 2 is 2.00 bits per heavy atom. The van der Waals surface area contributed by atoms with E-state index in [1.165, 1.54) is 5.56 Å². The van der Waals surface area contributed by atoms with Crippen molar-refractivity contribution in [1.29, 1.82) is 0 Å². The number of nitrogens with zero attached hydrogens (tertiary/aromatic N) is 3. The number of amides is 3. The number of piperidine rings is 1. The molecule has 3 aliphatic rings. The van der Waals surface area contributed by atoms with Crippen molar-refractivity contribution >= 4 is 17.7 Å². The molecule has 2 aromatic rings. The van der Waals surface area contributed by atoms with E-state index in [-0.39, 0.29) is 18.2 Å². The number of pyridine rings is 1. The first-order valence-electron chi connectivity index (χ1n) is 11.0. The molecule has 166 valence electrons. The Hall–Kier alpha value is -3.10. The van der Waals surface area contributed by atoms with Crippen LogP contribution in [0.15, 0.2) is 36.5 Å². The molecule has 0 spiro atoms. The molecule has 0 saturated carbocycles. The van der Waals surface area contributed by atoms with E-state index in [1.807, 2.05) is 30.5 Å². The van der Waals surface area contributed by atoms with Crippen molar-refractivity contribution in [2.75, 3.05) is 26.8 Å². The van der Waals surface area contributed by atoms with Crippen molar-refractivity contribution < 1.29 is 19.1 Å². The summed E-state index contributed by atoms with van der Waals surface area (Å²) in [6.07, 6.45) is 2.44. The first-order valence-corrected chi connectivity index (χ1v) is 11.0. The molecule has 3 amide bonds. The fourth-order valence-electron chi connectivity index (χ4n) is 4.87. The largest absolute Gasteiger partial charge is 0.384 e. The van der Waals surface area contributed by atoms with Crippen molar-refractivity contribution in [3.05, 3.63) is 53.2 Å². The molecule has 8 heteroatoms. The van der Waals surface area contributed by atoms with Crippen LogP contribution in [0.2, 0.25) is 0 Å². The Morgan fingerprint density at radius 1 is 1.16 bits per heavy atom. The average molecular weight is 434 g/mol. The predicted molar refractivity (Wildman–Crippen MR) is 116 cm³/mol. The van der Waals surface area contributed by atoms with Gasteiger partial charge in [-0.1, -0.05) is 6.07 Å². The zero-order valence-corrected chi connectivity index (χ0v) is 18.0. The van der Waals surface area contributed by atoms with Gasteiger partial charge in [0.25, 0.3) is 5.91 Å². The zero-order valence-electron chi connectivity index (χ0n) is 18.0. The molecule has 1 aromatic heterocycles. The van der Waals surface area contributed by atoms with E-state index in [2.05, 4.69) is 21.3 Å². The van der Waals surface area contributed by atoms with Crippen LogP contribution < -0.4 is 5.32 Å². The number of carbonyl (C=O) groups excluding carboxylic acids is 3. The second-order valence-electron chi connectivity index (χ2n) is 8.84. The van der Waals surface area contributed by atoms with Crippen molar-refractivity contribution in [2.45, 2.75) is 32.0 Å². The molecule has 1 N–H and O–H groups in total. The van der Waals surface area contributed by atoms with Crippen molar-refractivity contribution in [2.24, 2.45) is 5.92 Å². The van der Waals surface area contributed by atoms with Gasteiger partial charge in [0.05, 0.1) is 12.3 Å². The Labute approximate surface area is 186 Å². The second kappa shape index (κ2) is 8.44. The van der Waals surface area contributed by atoms with Crippen LogP contribution in [0.5, 0.6) is 0 Å². The van der Waals surface area contributed by atoms with Crippen LogP contribution in [-0.2, 0) is 27.4 Å². The highest BCUT2D eigenvalue weighted by atomic mass is 16.5. The molecular weight excluding hydrogens is 408 g/mol. The minimum absolute atomic E-state index is 0.161. The fraction of sp³-hybridized carbons (Fsp3) is 0.417. The number of imide groups is 1. The van der Waals surface area contributed by atoms with Crippen LogP contribution in [0.25, 0.3) is 11.3 Å². The maximum atomic E-state index is 12.9. The zero-order chi connectivity index (χ0) is 22.2. The van der Waals surface area contributed by atoms with Gasteiger partial charge in [0.15, 0.2) is 0 Å². The van der Waals surface area contributed by atoms with Gasteiger partial charge in [-0.05, 0) is 41.8 Å². The summed E-state index contributed by atoms with van der Waals surface area (Å²) in [4.78, 5) is 45.1. The molecule has 1 atom stereocenters. The van der Waals surface area contributed by atoms with Gasteiger partial charge in [-0.3, -0.25) is 29.6 Å². The summed E-state index contributed by atoms with van der Waals surface area (Å²) in [5.41, 5.74) is 4.51. The normalized spacial score (nSPS) is 21.5. The summed E-state index contributed by atoms with van der Waals surface area (Å²) in [6.45, 7) is 4.14. The lowest BCUT2D eigenvalue weighted by Gasteiger charge is -2.38. The fourth-order valence-corrected chi connectivity index (χ4v) is 4.87. The lowest BCUT2D eigenvalue weighted by atomic mass is 9.99. The van der Waals surface area contributed by atoms with Crippen molar-refractivity contribution in [3.63, 3.8) is 0 Å². The first-order chi connectivity index (χ1) is 15.5. The highest BCUT2D eigenvalue weighted by Gasteiger charge is 2.39. The van der Waals surface area contributed by atoms with E-state index in [9.17, 15) is 14.4 Å². The third-order valence-corrected chi connectivity index (χ3v) is 6.48. The molecule has 0 bridgehead atoms. The maximum Gasteiger partial charge on any atom is 0.255 e. The number of hydrogen-bond acceptors (Lipinski definition) is 6. The number of benzene rings is 1. The number of likely N-dealkylation sites (tertiary alicyclic amines) is 1. The summed E-state index contributed by atoms with van der Waals surface area (Å²) in [7, 11) is 1.74. The molecule has 1 unspecified atom stereocenters. The quantitative estimate of drug-likeness (QED) is 0.695. The topological polar surface area (TPSA) is 91.8 Å². The van der Waals surface area contributed by atoms with Crippen molar-refractivity contribution in [3.8, 4) is 11.3 Å². The molecule has 0 radical (unpaired) electrons. The summed E-state index contributed by atoms with van der Waals surface area (Å²) in [5.74, 6) is -0.221. The molecule has 3 aliphatic heterocycles. The molecule has 0 aliphatic carbocycles. The summed E-state index contributed by atoms with van der Waals surface area (Å²) >= 11 is 0. The number of aromatic nitrogens is 1. The minimum atomic E-state index is -0.601. The van der Waals surface area contributed by atoms with Gasteiger partial charge in [0.2, 0.25) is 11.8 Å². The lowest BCUT2D eigenvalue weighted by Crippen LogP contribution is -2.52. The Kier molecular flexibility index (Phi) is 5.48. The number of methoxy groups -OCH3 is 1. The van der Waals surface area contributed by atoms with Crippen LogP contribution >= 0.6 is 0 Å².